The molecule has 1 aromatic rings. The van der Waals surface area contributed by atoms with E-state index in [2.05, 4.69) is 10.3 Å². The number of imide groups is 1. The molecule has 1 heterocycles. The number of aliphatic imine (C=N–C) groups is 1. The van der Waals surface area contributed by atoms with E-state index in [9.17, 15) is 14.4 Å². The lowest BCUT2D eigenvalue weighted by Crippen LogP contribution is -2.49. The van der Waals surface area contributed by atoms with Gasteiger partial charge in [-0.15, -0.1) is 0 Å². The summed E-state index contributed by atoms with van der Waals surface area (Å²) in [5.74, 6) is -1.57. The van der Waals surface area contributed by atoms with Crippen LogP contribution in [0.4, 0.5) is 4.79 Å². The molecule has 0 aromatic heterocycles. The van der Waals surface area contributed by atoms with E-state index in [1.807, 2.05) is 0 Å². The van der Waals surface area contributed by atoms with E-state index in [-0.39, 0.29) is 6.54 Å². The Hall–Kier alpha value is -2.44. The number of nitrogens with one attached hydrogen (secondary N) is 1. The van der Waals surface area contributed by atoms with Crippen LogP contribution in [0.15, 0.2) is 47.5 Å². The smallest absolute Gasteiger partial charge is 0.350 e. The maximum absolute atomic E-state index is 12.4. The molecule has 4 amide bonds. The number of amides is 4. The second-order valence-corrected chi connectivity index (χ2v) is 6.32. The average Bonchev–Trinajstić information content (AvgIpc) is 2.58. The Morgan fingerprint density at radius 1 is 1.24 bits per heavy atom. The number of benzene rings is 1. The van der Waals surface area contributed by atoms with Crippen molar-refractivity contribution in [3.05, 3.63) is 58.1 Å². The van der Waals surface area contributed by atoms with E-state index >= 15 is 0 Å². The molecule has 25 heavy (non-hydrogen) atoms. The van der Waals surface area contributed by atoms with E-state index in [4.69, 9.17) is 23.2 Å². The molecule has 3 rings (SSSR count). The number of nitrogens with zero attached hydrogens (tertiary/aromatic N) is 2. The zero-order valence-electron chi connectivity index (χ0n) is 12.9. The summed E-state index contributed by atoms with van der Waals surface area (Å²) < 4.78 is 0. The van der Waals surface area contributed by atoms with Crippen LogP contribution in [0.1, 0.15) is 5.56 Å². The van der Waals surface area contributed by atoms with E-state index in [0.717, 1.165) is 4.90 Å². The van der Waals surface area contributed by atoms with Gasteiger partial charge < -0.3 is 5.32 Å². The zero-order chi connectivity index (χ0) is 18.0. The first-order valence-electron chi connectivity index (χ1n) is 7.45. The van der Waals surface area contributed by atoms with E-state index in [1.165, 1.54) is 0 Å². The maximum Gasteiger partial charge on any atom is 0.351 e. The summed E-state index contributed by atoms with van der Waals surface area (Å²) in [5.41, 5.74) is 1.07. The van der Waals surface area contributed by atoms with Crippen molar-refractivity contribution in [1.82, 2.24) is 10.2 Å². The molecule has 0 radical (unpaired) electrons. The summed E-state index contributed by atoms with van der Waals surface area (Å²) in [6, 6.07) is 4.18. The summed E-state index contributed by atoms with van der Waals surface area (Å²) in [6.45, 7) is -0.237. The maximum atomic E-state index is 12.4. The van der Waals surface area contributed by atoms with Gasteiger partial charge in [0.15, 0.2) is 0 Å². The number of halogens is 2. The minimum absolute atomic E-state index is 0.158. The molecular weight excluding hydrogens is 365 g/mol. The van der Waals surface area contributed by atoms with Crippen LogP contribution in [0.5, 0.6) is 0 Å². The predicted octanol–water partition coefficient (Wildman–Crippen LogP) is 2.76. The van der Waals surface area contributed by atoms with Gasteiger partial charge in [-0.05, 0) is 23.8 Å². The van der Waals surface area contributed by atoms with Crippen LogP contribution >= 0.6 is 23.2 Å². The fourth-order valence-electron chi connectivity index (χ4n) is 2.48. The van der Waals surface area contributed by atoms with Crippen LogP contribution in [-0.4, -0.2) is 35.0 Å². The SMILES string of the molecule is O=C(CN1C(=O)N=C2C=CC=CC2C1=O)NCc1ccc(Cl)cc1Cl. The number of rotatable bonds is 4. The van der Waals surface area contributed by atoms with Crippen LogP contribution < -0.4 is 5.32 Å². The molecule has 2 aliphatic rings. The van der Waals surface area contributed by atoms with Gasteiger partial charge >= 0.3 is 6.03 Å². The highest BCUT2D eigenvalue weighted by Gasteiger charge is 2.36. The van der Waals surface area contributed by atoms with E-state index in [1.54, 1.807) is 42.5 Å². The van der Waals surface area contributed by atoms with Crippen molar-refractivity contribution in [1.29, 1.82) is 0 Å². The average molecular weight is 378 g/mol. The Morgan fingerprint density at radius 3 is 2.80 bits per heavy atom. The van der Waals surface area contributed by atoms with Gasteiger partial charge in [-0.2, -0.15) is 4.99 Å². The van der Waals surface area contributed by atoms with Crippen molar-refractivity contribution in [3.63, 3.8) is 0 Å². The Labute approximate surface area is 153 Å². The monoisotopic (exact) mass is 377 g/mol. The number of carbonyl (C=O) groups is 3. The molecule has 1 aliphatic carbocycles. The molecule has 1 N–H and O–H groups in total. The van der Waals surface area contributed by atoms with Gasteiger partial charge in [0.05, 0.1) is 11.6 Å². The fourth-order valence-corrected chi connectivity index (χ4v) is 2.96. The normalized spacial score (nSPS) is 18.9. The van der Waals surface area contributed by atoms with E-state index < -0.39 is 30.3 Å². The first-order chi connectivity index (χ1) is 12.0. The molecule has 0 spiro atoms. The summed E-state index contributed by atoms with van der Waals surface area (Å²) >= 11 is 11.9. The lowest BCUT2D eigenvalue weighted by atomic mass is 9.95. The Morgan fingerprint density at radius 2 is 2.04 bits per heavy atom. The van der Waals surface area contributed by atoms with Crippen LogP contribution in [0, 0.1) is 5.92 Å². The topological polar surface area (TPSA) is 78.8 Å². The molecule has 0 saturated heterocycles. The second kappa shape index (κ2) is 7.21. The second-order valence-electron chi connectivity index (χ2n) is 5.48. The third-order valence-corrected chi connectivity index (χ3v) is 4.37. The first kappa shape index (κ1) is 17.4. The molecule has 8 heteroatoms. The molecule has 1 unspecified atom stereocenters. The lowest BCUT2D eigenvalue weighted by Gasteiger charge is -2.27. The molecule has 0 fully saturated rings. The molecule has 1 aromatic carbocycles. The Kier molecular flexibility index (Phi) is 5.01. The summed E-state index contributed by atoms with van der Waals surface area (Å²) in [5, 5.41) is 3.54. The van der Waals surface area contributed by atoms with E-state index in [0.29, 0.717) is 21.3 Å². The molecule has 1 aliphatic heterocycles. The predicted molar refractivity (Wildman–Crippen MR) is 94.6 cm³/mol. The highest BCUT2D eigenvalue weighted by molar-refractivity contribution is 6.35. The number of carbonyl (C=O) groups excluding carboxylic acids is 3. The van der Waals surface area contributed by atoms with Crippen LogP contribution in [0.25, 0.3) is 0 Å². The third-order valence-electron chi connectivity index (χ3n) is 3.78. The number of allylic oxidation sites excluding steroid dienone is 3. The van der Waals surface area contributed by atoms with Gasteiger partial charge in [0.1, 0.15) is 6.54 Å². The number of fused-ring (bicyclic) bond motifs is 1. The molecule has 1 atom stereocenters. The highest BCUT2D eigenvalue weighted by atomic mass is 35.5. The van der Waals surface area contributed by atoms with Gasteiger partial charge in [-0.25, -0.2) is 4.79 Å². The fraction of sp³-hybridized carbons (Fsp3) is 0.176. The van der Waals surface area contributed by atoms with Gasteiger partial charge in [0, 0.05) is 16.6 Å². The summed E-state index contributed by atoms with van der Waals surface area (Å²) in [7, 11) is 0. The van der Waals surface area contributed by atoms with Crippen molar-refractivity contribution in [2.45, 2.75) is 6.54 Å². The Balaban J connectivity index is 1.64. The molecular formula is C17H13Cl2N3O3. The molecule has 6 nitrogen and oxygen atoms in total. The third kappa shape index (κ3) is 3.81. The summed E-state index contributed by atoms with van der Waals surface area (Å²) in [6.07, 6.45) is 6.67. The van der Waals surface area contributed by atoms with Crippen LogP contribution in [0.3, 0.4) is 0 Å². The van der Waals surface area contributed by atoms with Crippen molar-refractivity contribution in [2.24, 2.45) is 10.9 Å². The van der Waals surface area contributed by atoms with Gasteiger partial charge in [-0.1, -0.05) is 47.5 Å². The minimum atomic E-state index is -0.740. The van der Waals surface area contributed by atoms with Crippen molar-refractivity contribution in [2.75, 3.05) is 6.54 Å². The number of hydrogen-bond acceptors (Lipinski definition) is 3. The number of urea groups is 1. The standard InChI is InChI=1S/C17H13Cl2N3O3/c18-11-6-5-10(13(19)7-11)8-20-15(23)9-22-16(24)12-3-1-2-4-14(12)21-17(22)25/h1-7,12H,8-9H2,(H,20,23). The van der Waals surface area contributed by atoms with Crippen molar-refractivity contribution in [3.8, 4) is 0 Å². The van der Waals surface area contributed by atoms with Gasteiger partial charge in [-0.3, -0.25) is 14.5 Å². The molecule has 0 saturated carbocycles. The van der Waals surface area contributed by atoms with Crippen molar-refractivity contribution >= 4 is 46.8 Å². The summed E-state index contributed by atoms with van der Waals surface area (Å²) in [4.78, 5) is 41.2. The van der Waals surface area contributed by atoms with Crippen LogP contribution in [-0.2, 0) is 16.1 Å². The zero-order valence-corrected chi connectivity index (χ0v) is 14.4. The lowest BCUT2D eigenvalue weighted by molar-refractivity contribution is -0.134. The molecule has 128 valence electrons. The van der Waals surface area contributed by atoms with Crippen molar-refractivity contribution < 1.29 is 14.4 Å². The first-order valence-corrected chi connectivity index (χ1v) is 8.20. The largest absolute Gasteiger partial charge is 0.351 e. The quantitative estimate of drug-likeness (QED) is 0.875. The molecule has 0 bridgehead atoms. The van der Waals surface area contributed by atoms with Crippen LogP contribution in [0.2, 0.25) is 10.0 Å². The number of hydrogen-bond donors (Lipinski definition) is 1. The highest BCUT2D eigenvalue weighted by Crippen LogP contribution is 2.21. The minimum Gasteiger partial charge on any atom is -0.350 e. The Bertz CT molecular complexity index is 846. The van der Waals surface area contributed by atoms with Gasteiger partial charge in [0.25, 0.3) is 0 Å². The van der Waals surface area contributed by atoms with Gasteiger partial charge in [0.2, 0.25) is 11.8 Å².